The molecule has 1 aromatic rings. The van der Waals surface area contributed by atoms with Crippen LogP contribution in [0.2, 0.25) is 10.2 Å². The Morgan fingerprint density at radius 2 is 2.07 bits per heavy atom. The Morgan fingerprint density at radius 1 is 1.43 bits per heavy atom. The quantitative estimate of drug-likeness (QED) is 0.797. The van der Waals surface area contributed by atoms with Crippen LogP contribution in [0.1, 0.15) is 24.3 Å². The maximum absolute atomic E-state index is 11.5. The molecular weight excluding hydrogens is 223 g/mol. The fourth-order valence-corrected chi connectivity index (χ4v) is 1.25. The van der Waals surface area contributed by atoms with Gasteiger partial charge in [0.2, 0.25) is 0 Å². The van der Waals surface area contributed by atoms with E-state index in [1.165, 1.54) is 6.07 Å². The molecule has 0 unspecified atom stereocenters. The zero-order valence-electron chi connectivity index (χ0n) is 7.84. The number of carbonyl (C=O) groups is 1. The van der Waals surface area contributed by atoms with E-state index in [0.717, 1.165) is 0 Å². The SMILES string of the molecule is CC(C)NC(=O)c1nc(Cl)ccc1Cl. The summed E-state index contributed by atoms with van der Waals surface area (Å²) in [5.74, 6) is -0.312. The molecule has 1 heterocycles. The Kier molecular flexibility index (Phi) is 3.72. The van der Waals surface area contributed by atoms with Gasteiger partial charge < -0.3 is 5.32 Å². The van der Waals surface area contributed by atoms with E-state index in [-0.39, 0.29) is 22.8 Å². The van der Waals surface area contributed by atoms with Gasteiger partial charge in [-0.1, -0.05) is 23.2 Å². The molecule has 0 aliphatic heterocycles. The van der Waals surface area contributed by atoms with E-state index >= 15 is 0 Å². The van der Waals surface area contributed by atoms with Gasteiger partial charge in [0.05, 0.1) is 5.02 Å². The highest BCUT2D eigenvalue weighted by atomic mass is 35.5. The van der Waals surface area contributed by atoms with E-state index in [2.05, 4.69) is 10.3 Å². The van der Waals surface area contributed by atoms with Crippen molar-refractivity contribution < 1.29 is 4.79 Å². The second kappa shape index (κ2) is 4.62. The molecule has 0 radical (unpaired) electrons. The lowest BCUT2D eigenvalue weighted by Crippen LogP contribution is -2.31. The van der Waals surface area contributed by atoms with Crippen molar-refractivity contribution in [2.45, 2.75) is 19.9 Å². The van der Waals surface area contributed by atoms with Crippen LogP contribution in [0.3, 0.4) is 0 Å². The van der Waals surface area contributed by atoms with Crippen LogP contribution in [-0.2, 0) is 0 Å². The molecule has 0 aliphatic rings. The summed E-state index contributed by atoms with van der Waals surface area (Å²) in [7, 11) is 0. The van der Waals surface area contributed by atoms with E-state index in [1.807, 2.05) is 13.8 Å². The van der Waals surface area contributed by atoms with Gasteiger partial charge >= 0.3 is 0 Å². The predicted molar refractivity (Wildman–Crippen MR) is 56.9 cm³/mol. The monoisotopic (exact) mass is 232 g/mol. The number of aromatic nitrogens is 1. The van der Waals surface area contributed by atoms with Gasteiger partial charge in [0.25, 0.3) is 5.91 Å². The second-order valence-corrected chi connectivity index (χ2v) is 3.89. The highest BCUT2D eigenvalue weighted by Crippen LogP contribution is 2.16. The Hall–Kier alpha value is -0.800. The highest BCUT2D eigenvalue weighted by Gasteiger charge is 2.13. The van der Waals surface area contributed by atoms with Crippen LogP contribution >= 0.6 is 23.2 Å². The molecule has 1 amide bonds. The minimum absolute atomic E-state index is 0.0411. The van der Waals surface area contributed by atoms with Crippen LogP contribution in [0.5, 0.6) is 0 Å². The fourth-order valence-electron chi connectivity index (χ4n) is 0.908. The molecule has 0 atom stereocenters. The molecule has 0 spiro atoms. The third-order valence-electron chi connectivity index (χ3n) is 1.45. The Morgan fingerprint density at radius 3 is 2.64 bits per heavy atom. The van der Waals surface area contributed by atoms with Gasteiger partial charge in [-0.05, 0) is 26.0 Å². The first kappa shape index (κ1) is 11.3. The molecule has 0 aliphatic carbocycles. The summed E-state index contributed by atoms with van der Waals surface area (Å²) in [6.45, 7) is 3.71. The molecular formula is C9H10Cl2N2O. The number of carbonyl (C=O) groups excluding carboxylic acids is 1. The van der Waals surface area contributed by atoms with Gasteiger partial charge in [0, 0.05) is 6.04 Å². The van der Waals surface area contributed by atoms with Gasteiger partial charge in [-0.3, -0.25) is 4.79 Å². The molecule has 0 fully saturated rings. The van der Waals surface area contributed by atoms with Crippen molar-refractivity contribution in [1.29, 1.82) is 0 Å². The zero-order valence-corrected chi connectivity index (χ0v) is 9.36. The molecule has 0 saturated heterocycles. The summed E-state index contributed by atoms with van der Waals surface area (Å²) in [5.41, 5.74) is 0.160. The number of nitrogens with zero attached hydrogens (tertiary/aromatic N) is 1. The molecule has 0 aromatic carbocycles. The van der Waals surface area contributed by atoms with Crippen molar-refractivity contribution in [3.8, 4) is 0 Å². The molecule has 1 rings (SSSR count). The third-order valence-corrected chi connectivity index (χ3v) is 1.96. The first-order valence-corrected chi connectivity index (χ1v) is 4.89. The largest absolute Gasteiger partial charge is 0.348 e. The average molecular weight is 233 g/mol. The van der Waals surface area contributed by atoms with Crippen molar-refractivity contribution >= 4 is 29.1 Å². The first-order valence-electron chi connectivity index (χ1n) is 4.13. The van der Waals surface area contributed by atoms with Gasteiger partial charge in [0.15, 0.2) is 0 Å². The Balaban J connectivity index is 2.94. The van der Waals surface area contributed by atoms with Crippen LogP contribution in [0, 0.1) is 0 Å². The van der Waals surface area contributed by atoms with Crippen molar-refractivity contribution in [3.63, 3.8) is 0 Å². The predicted octanol–water partition coefficient (Wildman–Crippen LogP) is 2.53. The maximum atomic E-state index is 11.5. The van der Waals surface area contributed by atoms with E-state index in [1.54, 1.807) is 6.07 Å². The standard InChI is InChI=1S/C9H10Cl2N2O/c1-5(2)12-9(14)8-6(10)3-4-7(11)13-8/h3-5H,1-2H3,(H,12,14). The summed E-state index contributed by atoms with van der Waals surface area (Å²) in [6.07, 6.45) is 0. The smallest absolute Gasteiger partial charge is 0.271 e. The van der Waals surface area contributed by atoms with Crippen LogP contribution < -0.4 is 5.32 Å². The van der Waals surface area contributed by atoms with Crippen molar-refractivity contribution in [2.24, 2.45) is 0 Å². The lowest BCUT2D eigenvalue weighted by Gasteiger charge is -2.08. The fraction of sp³-hybridized carbons (Fsp3) is 0.333. The molecule has 76 valence electrons. The zero-order chi connectivity index (χ0) is 10.7. The van der Waals surface area contributed by atoms with E-state index in [4.69, 9.17) is 23.2 Å². The number of halogens is 2. The van der Waals surface area contributed by atoms with Crippen LogP contribution in [0.4, 0.5) is 0 Å². The summed E-state index contributed by atoms with van der Waals surface area (Å²) >= 11 is 11.4. The van der Waals surface area contributed by atoms with E-state index < -0.39 is 0 Å². The number of nitrogens with one attached hydrogen (secondary N) is 1. The molecule has 3 nitrogen and oxygen atoms in total. The summed E-state index contributed by atoms with van der Waals surface area (Å²) in [4.78, 5) is 15.4. The summed E-state index contributed by atoms with van der Waals surface area (Å²) in [5, 5.41) is 3.23. The van der Waals surface area contributed by atoms with Crippen LogP contribution in [0.25, 0.3) is 0 Å². The maximum Gasteiger partial charge on any atom is 0.271 e. The van der Waals surface area contributed by atoms with Gasteiger partial charge in [-0.2, -0.15) is 0 Å². The summed E-state index contributed by atoms with van der Waals surface area (Å²) in [6, 6.07) is 3.13. The minimum atomic E-state index is -0.312. The lowest BCUT2D eigenvalue weighted by atomic mass is 10.3. The topological polar surface area (TPSA) is 42.0 Å². The number of pyridine rings is 1. The third kappa shape index (κ3) is 2.86. The molecule has 1 N–H and O–H groups in total. The molecule has 0 saturated carbocycles. The van der Waals surface area contributed by atoms with Crippen molar-refractivity contribution in [1.82, 2.24) is 10.3 Å². The molecule has 5 heteroatoms. The second-order valence-electron chi connectivity index (χ2n) is 3.09. The molecule has 1 aromatic heterocycles. The van der Waals surface area contributed by atoms with E-state index in [9.17, 15) is 4.79 Å². The Labute approximate surface area is 92.4 Å². The molecule has 0 bridgehead atoms. The van der Waals surface area contributed by atoms with Gasteiger partial charge in [-0.25, -0.2) is 4.98 Å². The number of hydrogen-bond acceptors (Lipinski definition) is 2. The average Bonchev–Trinajstić information content (AvgIpc) is 2.08. The van der Waals surface area contributed by atoms with Crippen LogP contribution in [0.15, 0.2) is 12.1 Å². The minimum Gasteiger partial charge on any atom is -0.348 e. The number of amides is 1. The van der Waals surface area contributed by atoms with E-state index in [0.29, 0.717) is 5.02 Å². The number of rotatable bonds is 2. The first-order chi connectivity index (χ1) is 6.50. The van der Waals surface area contributed by atoms with Crippen LogP contribution in [-0.4, -0.2) is 16.9 Å². The van der Waals surface area contributed by atoms with Crippen molar-refractivity contribution in [3.05, 3.63) is 28.0 Å². The van der Waals surface area contributed by atoms with Crippen molar-refractivity contribution in [2.75, 3.05) is 0 Å². The van der Waals surface area contributed by atoms with Gasteiger partial charge in [0.1, 0.15) is 10.8 Å². The summed E-state index contributed by atoms with van der Waals surface area (Å²) < 4.78 is 0. The molecule has 14 heavy (non-hydrogen) atoms. The highest BCUT2D eigenvalue weighted by molar-refractivity contribution is 6.34. The van der Waals surface area contributed by atoms with Gasteiger partial charge in [-0.15, -0.1) is 0 Å². The Bertz CT molecular complexity index is 353. The lowest BCUT2D eigenvalue weighted by molar-refractivity contribution is 0.0938. The normalized spacial score (nSPS) is 10.4. The number of hydrogen-bond donors (Lipinski definition) is 1.